The SMILES string of the molecule is [2H][C@@H]1CCCN(c2nc(C(F)(F)F)cs2)C1. The lowest BCUT2D eigenvalue weighted by Crippen LogP contribution is -2.29. The molecule has 0 amide bonds. The molecular formula is C9H11F3N2S. The number of thiazole rings is 1. The van der Waals surface area contributed by atoms with Crippen molar-refractivity contribution in [3.8, 4) is 0 Å². The topological polar surface area (TPSA) is 16.1 Å². The molecule has 2 heterocycles. The zero-order valence-corrected chi connectivity index (χ0v) is 8.74. The van der Waals surface area contributed by atoms with Gasteiger partial charge in [-0.25, -0.2) is 4.98 Å². The van der Waals surface area contributed by atoms with Crippen LogP contribution in [0.3, 0.4) is 0 Å². The van der Waals surface area contributed by atoms with Gasteiger partial charge in [-0.3, -0.25) is 0 Å². The van der Waals surface area contributed by atoms with E-state index in [2.05, 4.69) is 4.98 Å². The van der Waals surface area contributed by atoms with Gasteiger partial charge in [0.25, 0.3) is 0 Å². The summed E-state index contributed by atoms with van der Waals surface area (Å²) < 4.78 is 44.6. The van der Waals surface area contributed by atoms with Crippen molar-refractivity contribution >= 4 is 16.5 Å². The molecule has 15 heavy (non-hydrogen) atoms. The van der Waals surface area contributed by atoms with Gasteiger partial charge >= 0.3 is 6.18 Å². The van der Waals surface area contributed by atoms with E-state index in [0.717, 1.165) is 29.6 Å². The number of hydrogen-bond donors (Lipinski definition) is 0. The zero-order valence-electron chi connectivity index (χ0n) is 8.92. The van der Waals surface area contributed by atoms with E-state index in [1.807, 2.05) is 0 Å². The Labute approximate surface area is 91.1 Å². The van der Waals surface area contributed by atoms with Crippen LogP contribution in [0, 0.1) is 0 Å². The number of aromatic nitrogens is 1. The molecule has 0 saturated carbocycles. The summed E-state index contributed by atoms with van der Waals surface area (Å²) in [6.45, 7) is 1.17. The van der Waals surface area contributed by atoms with E-state index < -0.39 is 11.9 Å². The summed E-state index contributed by atoms with van der Waals surface area (Å²) in [5.74, 6) is 0. The molecule has 1 aromatic heterocycles. The number of alkyl halides is 3. The lowest BCUT2D eigenvalue weighted by atomic mass is 10.1. The Morgan fingerprint density at radius 3 is 2.80 bits per heavy atom. The molecule has 1 aromatic rings. The minimum Gasteiger partial charge on any atom is -0.348 e. The van der Waals surface area contributed by atoms with Gasteiger partial charge < -0.3 is 4.90 Å². The van der Waals surface area contributed by atoms with Gasteiger partial charge in [0.2, 0.25) is 0 Å². The lowest BCUT2D eigenvalue weighted by molar-refractivity contribution is -0.140. The van der Waals surface area contributed by atoms with Crippen LogP contribution in [0.4, 0.5) is 18.3 Å². The van der Waals surface area contributed by atoms with Gasteiger partial charge in [0.1, 0.15) is 0 Å². The maximum Gasteiger partial charge on any atom is 0.434 e. The molecule has 0 N–H and O–H groups in total. The molecule has 1 atom stereocenters. The number of halogens is 3. The third-order valence-corrected chi connectivity index (χ3v) is 3.14. The summed E-state index contributed by atoms with van der Waals surface area (Å²) >= 11 is 0.996. The van der Waals surface area contributed by atoms with Gasteiger partial charge in [0.15, 0.2) is 10.8 Å². The molecule has 1 fully saturated rings. The Kier molecular flexibility index (Phi) is 2.52. The second-order valence-corrected chi connectivity index (χ2v) is 4.23. The second-order valence-electron chi connectivity index (χ2n) is 3.39. The second kappa shape index (κ2) is 4.00. The van der Waals surface area contributed by atoms with Crippen LogP contribution >= 0.6 is 11.3 Å². The first-order valence-electron chi connectivity index (χ1n) is 5.24. The minimum absolute atomic E-state index is 0.216. The van der Waals surface area contributed by atoms with Crippen LogP contribution in [-0.4, -0.2) is 18.1 Å². The van der Waals surface area contributed by atoms with Crippen LogP contribution in [0.2, 0.25) is 0 Å². The summed E-state index contributed by atoms with van der Waals surface area (Å²) in [5, 5.41) is 1.41. The Hall–Kier alpha value is -0.780. The van der Waals surface area contributed by atoms with Crippen molar-refractivity contribution in [3.63, 3.8) is 0 Å². The number of piperidine rings is 1. The zero-order chi connectivity index (χ0) is 11.8. The maximum atomic E-state index is 12.3. The molecule has 0 aliphatic carbocycles. The number of rotatable bonds is 1. The molecule has 2 rings (SSSR count). The summed E-state index contributed by atoms with van der Waals surface area (Å²) in [6, 6.07) is 0. The van der Waals surface area contributed by atoms with Gasteiger partial charge in [-0.2, -0.15) is 13.2 Å². The summed E-state index contributed by atoms with van der Waals surface area (Å²) in [7, 11) is 0. The highest BCUT2D eigenvalue weighted by Gasteiger charge is 2.34. The van der Waals surface area contributed by atoms with Gasteiger partial charge in [-0.15, -0.1) is 11.3 Å². The molecule has 1 aliphatic rings. The number of anilines is 1. The van der Waals surface area contributed by atoms with Crippen molar-refractivity contribution in [1.82, 2.24) is 4.98 Å². The van der Waals surface area contributed by atoms with E-state index in [0.29, 0.717) is 18.2 Å². The molecule has 84 valence electrons. The van der Waals surface area contributed by atoms with Crippen molar-refractivity contribution in [2.75, 3.05) is 18.0 Å². The highest BCUT2D eigenvalue weighted by atomic mass is 32.1. The monoisotopic (exact) mass is 237 g/mol. The average Bonchev–Trinajstić information content (AvgIpc) is 2.65. The van der Waals surface area contributed by atoms with Gasteiger partial charge in [-0.1, -0.05) is 0 Å². The quantitative estimate of drug-likeness (QED) is 0.746. The van der Waals surface area contributed by atoms with Crippen LogP contribution < -0.4 is 4.90 Å². The molecule has 0 spiro atoms. The average molecular weight is 237 g/mol. The Morgan fingerprint density at radius 1 is 1.40 bits per heavy atom. The first kappa shape index (κ1) is 9.45. The first-order chi connectivity index (χ1) is 7.47. The van der Waals surface area contributed by atoms with E-state index in [1.165, 1.54) is 0 Å². The van der Waals surface area contributed by atoms with Crippen LogP contribution in [0.1, 0.15) is 26.3 Å². The molecule has 1 aliphatic heterocycles. The predicted octanol–water partition coefficient (Wildman–Crippen LogP) is 3.15. The van der Waals surface area contributed by atoms with Crippen LogP contribution in [0.15, 0.2) is 5.38 Å². The van der Waals surface area contributed by atoms with Gasteiger partial charge in [0, 0.05) is 19.8 Å². The first-order valence-corrected chi connectivity index (χ1v) is 5.54. The molecule has 1 saturated heterocycles. The summed E-state index contributed by atoms with van der Waals surface area (Å²) in [6.07, 6.45) is -2.93. The smallest absolute Gasteiger partial charge is 0.348 e. The molecule has 0 aromatic carbocycles. The third-order valence-electron chi connectivity index (χ3n) is 2.24. The fourth-order valence-corrected chi connectivity index (χ4v) is 2.35. The highest BCUT2D eigenvalue weighted by molar-refractivity contribution is 7.13. The van der Waals surface area contributed by atoms with E-state index in [1.54, 1.807) is 4.90 Å². The Bertz CT molecular complexity index is 366. The summed E-state index contributed by atoms with van der Waals surface area (Å²) in [4.78, 5) is 5.34. The molecule has 0 bridgehead atoms. The fourth-order valence-electron chi connectivity index (χ4n) is 1.48. The Morgan fingerprint density at radius 2 is 2.20 bits per heavy atom. The van der Waals surface area contributed by atoms with Crippen LogP contribution in [0.5, 0.6) is 0 Å². The van der Waals surface area contributed by atoms with E-state index in [9.17, 15) is 13.2 Å². The third kappa shape index (κ3) is 2.42. The molecule has 6 heteroatoms. The lowest BCUT2D eigenvalue weighted by Gasteiger charge is -2.25. The van der Waals surface area contributed by atoms with E-state index >= 15 is 0 Å². The summed E-state index contributed by atoms with van der Waals surface area (Å²) in [5.41, 5.74) is -0.834. The van der Waals surface area contributed by atoms with E-state index in [4.69, 9.17) is 1.37 Å². The fraction of sp³-hybridized carbons (Fsp3) is 0.667. The molecule has 0 radical (unpaired) electrons. The van der Waals surface area contributed by atoms with E-state index in [-0.39, 0.29) is 6.40 Å². The van der Waals surface area contributed by atoms with Crippen molar-refractivity contribution < 1.29 is 14.5 Å². The predicted molar refractivity (Wildman–Crippen MR) is 53.2 cm³/mol. The maximum absolute atomic E-state index is 12.3. The van der Waals surface area contributed by atoms with Crippen molar-refractivity contribution in [1.29, 1.82) is 0 Å². The largest absolute Gasteiger partial charge is 0.434 e. The standard InChI is InChI=1S/C9H11F3N2S/c10-9(11,12)7-6-15-8(13-7)14-4-2-1-3-5-14/h6H,1-5H2/i2D/t2-/m1/s1. The van der Waals surface area contributed by atoms with Crippen LogP contribution in [-0.2, 0) is 6.18 Å². The van der Waals surface area contributed by atoms with Gasteiger partial charge in [0.05, 0.1) is 0 Å². The van der Waals surface area contributed by atoms with Crippen molar-refractivity contribution in [3.05, 3.63) is 11.1 Å². The highest BCUT2D eigenvalue weighted by Crippen LogP contribution is 2.33. The number of nitrogens with zero attached hydrogens (tertiary/aromatic N) is 2. The van der Waals surface area contributed by atoms with Crippen molar-refractivity contribution in [2.45, 2.75) is 25.4 Å². The van der Waals surface area contributed by atoms with Gasteiger partial charge in [-0.05, 0) is 19.2 Å². The molecule has 0 unspecified atom stereocenters. The van der Waals surface area contributed by atoms with Crippen molar-refractivity contribution in [2.24, 2.45) is 0 Å². The molecule has 2 nitrogen and oxygen atoms in total. The number of hydrogen-bond acceptors (Lipinski definition) is 3. The minimum atomic E-state index is -4.37. The Balaban J connectivity index is 2.12. The van der Waals surface area contributed by atoms with Crippen LogP contribution in [0.25, 0.3) is 0 Å². The molecular weight excluding hydrogens is 225 g/mol. The normalized spacial score (nSPS) is 24.1.